The first-order valence-electron chi connectivity index (χ1n) is 7.14. The Bertz CT molecular complexity index is 626. The molecule has 2 N–H and O–H groups in total. The smallest absolute Gasteiger partial charge is 0.213 e. The maximum atomic E-state index is 5.12. The number of pyridine rings is 1. The number of nitrogens with zero attached hydrogens (tertiary/aromatic N) is 3. The molecule has 118 valence electrons. The van der Waals surface area contributed by atoms with E-state index in [9.17, 15) is 0 Å². The molecular formula is C15H21N5OS. The van der Waals surface area contributed by atoms with E-state index in [2.05, 4.69) is 32.5 Å². The Balaban J connectivity index is 1.96. The lowest BCUT2D eigenvalue weighted by molar-refractivity contribution is 0.396. The van der Waals surface area contributed by atoms with Gasteiger partial charge in [0.25, 0.3) is 0 Å². The molecule has 2 heterocycles. The molecule has 2 aromatic rings. The van der Waals surface area contributed by atoms with Crippen LogP contribution in [-0.4, -0.2) is 29.6 Å². The molecule has 0 fully saturated rings. The molecule has 0 amide bonds. The summed E-state index contributed by atoms with van der Waals surface area (Å²) in [6.45, 7) is 6.04. The van der Waals surface area contributed by atoms with Gasteiger partial charge in [-0.1, -0.05) is 6.07 Å². The summed E-state index contributed by atoms with van der Waals surface area (Å²) < 4.78 is 5.12. The molecule has 0 spiro atoms. The Kier molecular flexibility index (Phi) is 6.14. The van der Waals surface area contributed by atoms with Crippen molar-refractivity contribution in [2.45, 2.75) is 26.9 Å². The van der Waals surface area contributed by atoms with Gasteiger partial charge in [0, 0.05) is 23.7 Å². The van der Waals surface area contributed by atoms with E-state index in [1.807, 2.05) is 31.3 Å². The predicted octanol–water partition coefficient (Wildman–Crippen LogP) is 2.11. The fourth-order valence-corrected chi connectivity index (χ4v) is 2.53. The summed E-state index contributed by atoms with van der Waals surface area (Å²) in [7, 11) is 1.61. The van der Waals surface area contributed by atoms with Crippen LogP contribution < -0.4 is 15.4 Å². The Morgan fingerprint density at radius 1 is 1.36 bits per heavy atom. The molecule has 2 rings (SSSR count). The van der Waals surface area contributed by atoms with Gasteiger partial charge in [0.05, 0.1) is 25.9 Å². The Labute approximate surface area is 134 Å². The largest absolute Gasteiger partial charge is 0.481 e. The van der Waals surface area contributed by atoms with Gasteiger partial charge in [0.1, 0.15) is 5.01 Å². The van der Waals surface area contributed by atoms with Crippen molar-refractivity contribution in [1.29, 1.82) is 0 Å². The van der Waals surface area contributed by atoms with E-state index in [-0.39, 0.29) is 0 Å². The molecule has 22 heavy (non-hydrogen) atoms. The second kappa shape index (κ2) is 8.33. The minimum atomic E-state index is 0.490. The molecule has 0 aliphatic rings. The number of ether oxygens (including phenoxy) is 1. The van der Waals surface area contributed by atoms with Crippen molar-refractivity contribution in [2.24, 2.45) is 4.99 Å². The minimum absolute atomic E-state index is 0.490. The molecule has 0 aliphatic heterocycles. The van der Waals surface area contributed by atoms with Crippen LogP contribution in [0.1, 0.15) is 22.5 Å². The Morgan fingerprint density at radius 2 is 2.23 bits per heavy atom. The highest BCUT2D eigenvalue weighted by Crippen LogP contribution is 2.10. The van der Waals surface area contributed by atoms with Gasteiger partial charge in [0.15, 0.2) is 5.96 Å². The molecule has 0 unspecified atom stereocenters. The molecule has 0 atom stereocenters. The minimum Gasteiger partial charge on any atom is -0.481 e. The number of hydrogen-bond acceptors (Lipinski definition) is 5. The highest BCUT2D eigenvalue weighted by Gasteiger charge is 2.02. The first-order valence-corrected chi connectivity index (χ1v) is 7.96. The number of aromatic nitrogens is 2. The van der Waals surface area contributed by atoms with E-state index >= 15 is 0 Å². The van der Waals surface area contributed by atoms with Gasteiger partial charge in [-0.2, -0.15) is 0 Å². The molecule has 6 nitrogen and oxygen atoms in total. The van der Waals surface area contributed by atoms with Crippen LogP contribution in [0.3, 0.4) is 0 Å². The zero-order valence-corrected chi connectivity index (χ0v) is 13.9. The Hall–Kier alpha value is -2.15. The molecule has 0 saturated heterocycles. The summed E-state index contributed by atoms with van der Waals surface area (Å²) in [5.41, 5.74) is 0.863. The third-order valence-corrected chi connectivity index (χ3v) is 3.72. The predicted molar refractivity (Wildman–Crippen MR) is 89.3 cm³/mol. The summed E-state index contributed by atoms with van der Waals surface area (Å²) in [5.74, 6) is 1.35. The van der Waals surface area contributed by atoms with Crippen molar-refractivity contribution in [2.75, 3.05) is 13.7 Å². The van der Waals surface area contributed by atoms with Crippen LogP contribution in [0.2, 0.25) is 0 Å². The van der Waals surface area contributed by atoms with Gasteiger partial charge < -0.3 is 15.4 Å². The second-order valence-corrected chi connectivity index (χ2v) is 5.90. The second-order valence-electron chi connectivity index (χ2n) is 4.58. The number of aryl methyl sites for hydroxylation is 1. The highest BCUT2D eigenvalue weighted by atomic mass is 32.1. The molecule has 0 bridgehead atoms. The van der Waals surface area contributed by atoms with Crippen molar-refractivity contribution in [1.82, 2.24) is 20.6 Å². The summed E-state index contributed by atoms with van der Waals surface area (Å²) >= 11 is 1.68. The van der Waals surface area contributed by atoms with E-state index in [1.54, 1.807) is 18.4 Å². The van der Waals surface area contributed by atoms with E-state index < -0.39 is 0 Å². The van der Waals surface area contributed by atoms with Crippen LogP contribution in [0.4, 0.5) is 0 Å². The summed E-state index contributed by atoms with van der Waals surface area (Å²) in [4.78, 5) is 14.4. The average molecular weight is 319 g/mol. The first-order chi connectivity index (χ1) is 10.7. The fourth-order valence-electron chi connectivity index (χ4n) is 1.80. The van der Waals surface area contributed by atoms with Gasteiger partial charge in [-0.05, 0) is 19.9 Å². The third-order valence-electron chi connectivity index (χ3n) is 2.81. The van der Waals surface area contributed by atoms with Crippen molar-refractivity contribution in [3.63, 3.8) is 0 Å². The zero-order valence-electron chi connectivity index (χ0n) is 13.1. The molecule has 2 aromatic heterocycles. The highest BCUT2D eigenvalue weighted by molar-refractivity contribution is 7.11. The quantitative estimate of drug-likeness (QED) is 0.630. The van der Waals surface area contributed by atoms with Crippen molar-refractivity contribution in [3.8, 4) is 5.88 Å². The normalized spacial score (nSPS) is 11.3. The van der Waals surface area contributed by atoms with Gasteiger partial charge in [-0.25, -0.2) is 15.0 Å². The Morgan fingerprint density at radius 3 is 2.91 bits per heavy atom. The molecule has 0 saturated carbocycles. The lowest BCUT2D eigenvalue weighted by Gasteiger charge is -2.10. The molecule has 0 aromatic carbocycles. The van der Waals surface area contributed by atoms with E-state index in [0.29, 0.717) is 19.0 Å². The van der Waals surface area contributed by atoms with Crippen LogP contribution in [-0.2, 0) is 13.1 Å². The SMILES string of the molecule is CCNC(=NCc1cccc(OC)n1)NCc1ncc(C)s1. The number of guanidine groups is 1. The number of nitrogens with one attached hydrogen (secondary N) is 2. The van der Waals surface area contributed by atoms with Crippen molar-refractivity contribution < 1.29 is 4.74 Å². The maximum Gasteiger partial charge on any atom is 0.213 e. The van der Waals surface area contributed by atoms with Gasteiger partial charge in [-0.3, -0.25) is 0 Å². The van der Waals surface area contributed by atoms with E-state index in [0.717, 1.165) is 23.2 Å². The molecular weight excluding hydrogens is 298 g/mol. The summed E-state index contributed by atoms with van der Waals surface area (Å²) in [6, 6.07) is 5.66. The number of methoxy groups -OCH3 is 1. The number of thiazole rings is 1. The average Bonchev–Trinajstić information content (AvgIpc) is 2.96. The summed E-state index contributed by atoms with van der Waals surface area (Å²) in [6.07, 6.45) is 1.88. The van der Waals surface area contributed by atoms with E-state index in [4.69, 9.17) is 4.74 Å². The van der Waals surface area contributed by atoms with Crippen molar-refractivity contribution >= 4 is 17.3 Å². The molecule has 7 heteroatoms. The van der Waals surface area contributed by atoms with Gasteiger partial charge in [0.2, 0.25) is 5.88 Å². The van der Waals surface area contributed by atoms with E-state index in [1.165, 1.54) is 4.88 Å². The zero-order chi connectivity index (χ0) is 15.8. The van der Waals surface area contributed by atoms with Crippen LogP contribution in [0.25, 0.3) is 0 Å². The van der Waals surface area contributed by atoms with Gasteiger partial charge >= 0.3 is 0 Å². The molecule has 0 radical (unpaired) electrons. The topological polar surface area (TPSA) is 71.4 Å². The monoisotopic (exact) mass is 319 g/mol. The standard InChI is InChI=1S/C15H21N5OS/c1-4-16-15(19-10-14-17-8-11(2)22-14)18-9-12-6-5-7-13(20-12)21-3/h5-8H,4,9-10H2,1-3H3,(H2,16,18,19). The number of rotatable bonds is 6. The molecule has 0 aliphatic carbocycles. The van der Waals surface area contributed by atoms with Crippen LogP contribution in [0.5, 0.6) is 5.88 Å². The fraction of sp³-hybridized carbons (Fsp3) is 0.400. The number of aliphatic imine (C=N–C) groups is 1. The lowest BCUT2D eigenvalue weighted by atomic mass is 10.3. The van der Waals surface area contributed by atoms with Crippen LogP contribution >= 0.6 is 11.3 Å². The number of hydrogen-bond donors (Lipinski definition) is 2. The van der Waals surface area contributed by atoms with Crippen LogP contribution in [0, 0.1) is 6.92 Å². The summed E-state index contributed by atoms with van der Waals surface area (Å²) in [5, 5.41) is 7.54. The van der Waals surface area contributed by atoms with Crippen molar-refractivity contribution in [3.05, 3.63) is 40.0 Å². The third kappa shape index (κ3) is 5.00. The maximum absolute atomic E-state index is 5.12. The van der Waals surface area contributed by atoms with Crippen LogP contribution in [0.15, 0.2) is 29.4 Å². The lowest BCUT2D eigenvalue weighted by Crippen LogP contribution is -2.36. The first kappa shape index (κ1) is 16.2. The van der Waals surface area contributed by atoms with Gasteiger partial charge in [-0.15, -0.1) is 11.3 Å².